The maximum Gasteiger partial charge on any atom is 0.255 e. The topological polar surface area (TPSA) is 92.5 Å². The number of nitrogens with one attached hydrogen (secondary N) is 1. The van der Waals surface area contributed by atoms with Crippen molar-refractivity contribution in [3.05, 3.63) is 28.8 Å². The maximum absolute atomic E-state index is 12.7. The number of amides is 1. The van der Waals surface area contributed by atoms with Gasteiger partial charge in [0.25, 0.3) is 5.91 Å². The lowest BCUT2D eigenvalue weighted by molar-refractivity contribution is 0.0619. The summed E-state index contributed by atoms with van der Waals surface area (Å²) < 4.78 is 25.0. The first-order chi connectivity index (χ1) is 10.3. The Morgan fingerprint density at radius 1 is 1.45 bits per heavy atom. The average Bonchev–Trinajstić information content (AvgIpc) is 2.44. The predicted octanol–water partition coefficient (Wildman–Crippen LogP) is 1.47. The van der Waals surface area contributed by atoms with Gasteiger partial charge in [-0.25, -0.2) is 13.1 Å². The van der Waals surface area contributed by atoms with E-state index in [1.807, 2.05) is 0 Å². The molecule has 1 saturated heterocycles. The molecule has 1 aromatic carbocycles. The van der Waals surface area contributed by atoms with E-state index in [-0.39, 0.29) is 18.5 Å². The molecule has 122 valence electrons. The summed E-state index contributed by atoms with van der Waals surface area (Å²) >= 11 is 6.10. The molecule has 0 spiro atoms. The molecule has 1 fully saturated rings. The van der Waals surface area contributed by atoms with Crippen molar-refractivity contribution in [1.82, 2.24) is 9.62 Å². The average molecular weight is 346 g/mol. The second kappa shape index (κ2) is 6.85. The summed E-state index contributed by atoms with van der Waals surface area (Å²) in [6.45, 7) is 0.812. The van der Waals surface area contributed by atoms with E-state index in [4.69, 9.17) is 17.3 Å². The predicted molar refractivity (Wildman–Crippen MR) is 87.4 cm³/mol. The van der Waals surface area contributed by atoms with Gasteiger partial charge in [-0.2, -0.15) is 0 Å². The lowest BCUT2D eigenvalue weighted by Gasteiger charge is -2.36. The van der Waals surface area contributed by atoms with Crippen LogP contribution in [0.2, 0.25) is 5.02 Å². The number of hydrogen-bond acceptors (Lipinski definition) is 4. The number of nitrogens with zero attached hydrogens (tertiary/aromatic N) is 1. The van der Waals surface area contributed by atoms with Crippen LogP contribution in [0, 0.1) is 0 Å². The van der Waals surface area contributed by atoms with Gasteiger partial charge >= 0.3 is 0 Å². The Balaban J connectivity index is 2.17. The van der Waals surface area contributed by atoms with E-state index < -0.39 is 10.0 Å². The summed E-state index contributed by atoms with van der Waals surface area (Å²) in [5.41, 5.74) is 6.53. The number of rotatable bonds is 4. The Labute approximate surface area is 135 Å². The van der Waals surface area contributed by atoms with E-state index in [0.717, 1.165) is 25.5 Å². The first-order valence-corrected chi connectivity index (χ1v) is 9.35. The smallest absolute Gasteiger partial charge is 0.255 e. The number of carbonyl (C=O) groups is 1. The number of sulfonamides is 1. The number of hydrogen-bond donors (Lipinski definition) is 2. The van der Waals surface area contributed by atoms with Gasteiger partial charge in [-0.1, -0.05) is 11.6 Å². The van der Waals surface area contributed by atoms with Crippen molar-refractivity contribution in [3.63, 3.8) is 0 Å². The molecule has 1 amide bonds. The van der Waals surface area contributed by atoms with Gasteiger partial charge in [0.15, 0.2) is 0 Å². The molecule has 6 nitrogen and oxygen atoms in total. The summed E-state index contributed by atoms with van der Waals surface area (Å²) in [5, 5.41) is 0.311. The summed E-state index contributed by atoms with van der Waals surface area (Å²) in [6, 6.07) is 4.62. The van der Waals surface area contributed by atoms with Gasteiger partial charge in [0, 0.05) is 24.8 Å². The molecular weight excluding hydrogens is 326 g/mol. The largest absolute Gasteiger partial charge is 0.399 e. The first kappa shape index (κ1) is 17.1. The summed E-state index contributed by atoms with van der Waals surface area (Å²) in [4.78, 5) is 14.4. The normalized spacial score (nSPS) is 19.2. The van der Waals surface area contributed by atoms with Gasteiger partial charge in [-0.15, -0.1) is 0 Å². The van der Waals surface area contributed by atoms with Gasteiger partial charge in [0.2, 0.25) is 10.0 Å². The highest BCUT2D eigenvalue weighted by Crippen LogP contribution is 2.24. The number of anilines is 1. The molecule has 1 heterocycles. The number of carbonyl (C=O) groups excluding carboxylic acids is 1. The second-order valence-electron chi connectivity index (χ2n) is 5.51. The minimum atomic E-state index is -3.28. The molecule has 1 aromatic rings. The molecule has 1 unspecified atom stereocenters. The summed E-state index contributed by atoms with van der Waals surface area (Å²) in [5.74, 6) is -0.190. The summed E-state index contributed by atoms with van der Waals surface area (Å²) in [6.07, 6.45) is 3.74. The van der Waals surface area contributed by atoms with E-state index in [9.17, 15) is 13.2 Å². The van der Waals surface area contributed by atoms with Crippen molar-refractivity contribution in [2.75, 3.05) is 25.1 Å². The third-order valence-electron chi connectivity index (χ3n) is 3.69. The van der Waals surface area contributed by atoms with E-state index in [1.165, 1.54) is 0 Å². The minimum Gasteiger partial charge on any atom is -0.399 e. The van der Waals surface area contributed by atoms with Crippen LogP contribution in [-0.2, 0) is 10.0 Å². The highest BCUT2D eigenvalue weighted by atomic mass is 35.5. The fourth-order valence-electron chi connectivity index (χ4n) is 2.59. The van der Waals surface area contributed by atoms with E-state index in [2.05, 4.69) is 4.72 Å². The third-order valence-corrected chi connectivity index (χ3v) is 4.70. The maximum atomic E-state index is 12.7. The Kier molecular flexibility index (Phi) is 5.31. The van der Waals surface area contributed by atoms with E-state index >= 15 is 0 Å². The Morgan fingerprint density at radius 3 is 2.82 bits per heavy atom. The van der Waals surface area contributed by atoms with Crippen molar-refractivity contribution in [2.24, 2.45) is 0 Å². The molecule has 1 aliphatic heterocycles. The number of nitrogen functional groups attached to an aromatic ring is 1. The quantitative estimate of drug-likeness (QED) is 0.808. The fourth-order valence-corrected chi connectivity index (χ4v) is 3.35. The standard InChI is InChI=1S/C14H20ClN3O3S/c1-22(20,21)17-9-11-4-2-3-7-18(11)14(19)12-6-5-10(16)8-13(12)15/h5-6,8,11,17H,2-4,7,9,16H2,1H3. The molecule has 0 radical (unpaired) electrons. The van der Waals surface area contributed by atoms with E-state index in [1.54, 1.807) is 23.1 Å². The van der Waals surface area contributed by atoms with Crippen LogP contribution in [0.5, 0.6) is 0 Å². The van der Waals surface area contributed by atoms with Gasteiger partial charge in [0.05, 0.1) is 16.8 Å². The van der Waals surface area contributed by atoms with Crippen molar-refractivity contribution in [2.45, 2.75) is 25.3 Å². The van der Waals surface area contributed by atoms with Crippen molar-refractivity contribution in [3.8, 4) is 0 Å². The van der Waals surface area contributed by atoms with Crippen LogP contribution >= 0.6 is 11.6 Å². The number of benzene rings is 1. The van der Waals surface area contributed by atoms with Crippen molar-refractivity contribution >= 4 is 33.2 Å². The lowest BCUT2D eigenvalue weighted by Crippen LogP contribution is -2.49. The highest BCUT2D eigenvalue weighted by Gasteiger charge is 2.29. The first-order valence-electron chi connectivity index (χ1n) is 7.08. The highest BCUT2D eigenvalue weighted by molar-refractivity contribution is 7.88. The minimum absolute atomic E-state index is 0.162. The van der Waals surface area contributed by atoms with Crippen LogP contribution in [0.4, 0.5) is 5.69 Å². The molecule has 0 bridgehead atoms. The van der Waals surface area contributed by atoms with Gasteiger partial charge < -0.3 is 10.6 Å². The fraction of sp³-hybridized carbons (Fsp3) is 0.500. The molecule has 1 atom stereocenters. The van der Waals surface area contributed by atoms with Crippen molar-refractivity contribution < 1.29 is 13.2 Å². The monoisotopic (exact) mass is 345 g/mol. The molecule has 8 heteroatoms. The van der Waals surface area contributed by atoms with Crippen LogP contribution in [0.1, 0.15) is 29.6 Å². The molecule has 3 N–H and O–H groups in total. The zero-order chi connectivity index (χ0) is 16.3. The molecule has 1 aliphatic rings. The number of likely N-dealkylation sites (tertiary alicyclic amines) is 1. The number of nitrogens with two attached hydrogens (primary N) is 1. The molecule has 22 heavy (non-hydrogen) atoms. The van der Waals surface area contributed by atoms with Crippen LogP contribution < -0.4 is 10.5 Å². The molecule has 0 aliphatic carbocycles. The molecular formula is C14H20ClN3O3S. The SMILES string of the molecule is CS(=O)(=O)NCC1CCCCN1C(=O)c1ccc(N)cc1Cl. The number of halogens is 1. The third kappa shape index (κ3) is 4.34. The zero-order valence-electron chi connectivity index (χ0n) is 12.4. The van der Waals surface area contributed by atoms with Crippen LogP contribution in [0.3, 0.4) is 0 Å². The molecule has 2 rings (SSSR count). The van der Waals surface area contributed by atoms with E-state index in [0.29, 0.717) is 22.8 Å². The van der Waals surface area contributed by atoms with Crippen LogP contribution in [0.25, 0.3) is 0 Å². The number of piperidine rings is 1. The summed E-state index contributed by atoms with van der Waals surface area (Å²) in [7, 11) is -3.28. The molecule has 0 aromatic heterocycles. The van der Waals surface area contributed by atoms with Gasteiger partial charge in [-0.3, -0.25) is 4.79 Å². The Bertz CT molecular complexity index is 663. The van der Waals surface area contributed by atoms with Crippen LogP contribution in [0.15, 0.2) is 18.2 Å². The lowest BCUT2D eigenvalue weighted by atomic mass is 10.0. The van der Waals surface area contributed by atoms with Gasteiger partial charge in [0.1, 0.15) is 0 Å². The second-order valence-corrected chi connectivity index (χ2v) is 7.75. The van der Waals surface area contributed by atoms with Crippen molar-refractivity contribution in [1.29, 1.82) is 0 Å². The molecule has 0 saturated carbocycles. The van der Waals surface area contributed by atoms with Crippen LogP contribution in [-0.4, -0.2) is 44.6 Å². The Morgan fingerprint density at radius 2 is 2.18 bits per heavy atom. The zero-order valence-corrected chi connectivity index (χ0v) is 14.0. The Hall–Kier alpha value is -1.31. The van der Waals surface area contributed by atoms with Gasteiger partial charge in [-0.05, 0) is 37.5 Å².